The molecule has 3 aromatic carbocycles. The maximum Gasteiger partial charge on any atom is 0.338 e. The van der Waals surface area contributed by atoms with Gasteiger partial charge in [-0.2, -0.15) is 0 Å². The third kappa shape index (κ3) is 6.68. The van der Waals surface area contributed by atoms with Crippen LogP contribution in [0.2, 0.25) is 5.02 Å². The maximum atomic E-state index is 14.2. The minimum absolute atomic E-state index is 0.170. The second-order valence-electron chi connectivity index (χ2n) is 10.1. The van der Waals surface area contributed by atoms with E-state index in [0.29, 0.717) is 61.8 Å². The van der Waals surface area contributed by atoms with Gasteiger partial charge in [0.15, 0.2) is 27.8 Å². The van der Waals surface area contributed by atoms with Crippen molar-refractivity contribution < 1.29 is 28.5 Å². The van der Waals surface area contributed by atoms with Gasteiger partial charge in [0, 0.05) is 16.1 Å². The molecule has 0 N–H and O–H groups in total. The molecule has 0 saturated heterocycles. The van der Waals surface area contributed by atoms with Crippen molar-refractivity contribution in [1.29, 1.82) is 0 Å². The Morgan fingerprint density at radius 1 is 0.957 bits per heavy atom. The Morgan fingerprint density at radius 2 is 1.74 bits per heavy atom. The third-order valence-electron chi connectivity index (χ3n) is 7.24. The van der Waals surface area contributed by atoms with Gasteiger partial charge in [-0.25, -0.2) is 9.79 Å². The summed E-state index contributed by atoms with van der Waals surface area (Å²) in [5, 5.41) is 0.620. The van der Waals surface area contributed by atoms with E-state index in [2.05, 4.69) is 4.99 Å². The van der Waals surface area contributed by atoms with Gasteiger partial charge in [-0.1, -0.05) is 59.3 Å². The molecule has 240 valence electrons. The number of aromatic nitrogens is 1. The molecule has 2 heterocycles. The first-order valence-corrected chi connectivity index (χ1v) is 16.1. The maximum absolute atomic E-state index is 14.2. The predicted molar refractivity (Wildman–Crippen MR) is 178 cm³/mol. The number of carbonyl (C=O) groups is 1. The first-order chi connectivity index (χ1) is 22.3. The molecule has 1 aromatic heterocycles. The van der Waals surface area contributed by atoms with Gasteiger partial charge in [0.1, 0.15) is 12.6 Å². The minimum atomic E-state index is -0.853. The highest BCUT2D eigenvalue weighted by Crippen LogP contribution is 2.41. The van der Waals surface area contributed by atoms with Crippen LogP contribution in [-0.2, 0) is 16.1 Å². The van der Waals surface area contributed by atoms with Crippen LogP contribution in [0.1, 0.15) is 50.4 Å². The number of hydrogen-bond acceptors (Lipinski definition) is 9. The van der Waals surface area contributed by atoms with Crippen LogP contribution >= 0.6 is 22.9 Å². The predicted octanol–water partition coefficient (Wildman–Crippen LogP) is 5.84. The second-order valence-corrected chi connectivity index (χ2v) is 11.5. The fourth-order valence-corrected chi connectivity index (χ4v) is 6.45. The summed E-state index contributed by atoms with van der Waals surface area (Å²) in [6.45, 7) is 8.45. The fraction of sp³-hybridized carbons (Fsp3) is 0.286. The van der Waals surface area contributed by atoms with Gasteiger partial charge in [-0.05, 0) is 63.6 Å². The smallest absolute Gasteiger partial charge is 0.338 e. The van der Waals surface area contributed by atoms with Crippen LogP contribution in [0.5, 0.6) is 23.0 Å². The molecule has 0 aliphatic carbocycles. The minimum Gasteiger partial charge on any atom is -0.493 e. The number of allylic oxidation sites excluding steroid dienone is 1. The Bertz CT molecular complexity index is 1960. The number of halogens is 1. The zero-order valence-corrected chi connectivity index (χ0v) is 27.9. The summed E-state index contributed by atoms with van der Waals surface area (Å²) in [7, 11) is 1.55. The molecule has 0 amide bonds. The molecule has 0 saturated carbocycles. The van der Waals surface area contributed by atoms with Crippen molar-refractivity contribution in [2.45, 2.75) is 40.3 Å². The molecule has 0 bridgehead atoms. The largest absolute Gasteiger partial charge is 0.493 e. The Labute approximate surface area is 275 Å². The number of carbonyl (C=O) groups excluding carboxylic acids is 1. The molecule has 1 atom stereocenters. The average molecular weight is 663 g/mol. The highest BCUT2D eigenvalue weighted by Gasteiger charge is 2.36. The van der Waals surface area contributed by atoms with Crippen molar-refractivity contribution in [2.24, 2.45) is 4.99 Å². The van der Waals surface area contributed by atoms with Crippen molar-refractivity contribution in [3.05, 3.63) is 113 Å². The first-order valence-electron chi connectivity index (χ1n) is 14.9. The van der Waals surface area contributed by atoms with Gasteiger partial charge < -0.3 is 23.7 Å². The Kier molecular flexibility index (Phi) is 10.5. The van der Waals surface area contributed by atoms with Crippen LogP contribution in [0.3, 0.4) is 0 Å². The van der Waals surface area contributed by atoms with Crippen LogP contribution in [0.25, 0.3) is 6.08 Å². The van der Waals surface area contributed by atoms with Crippen molar-refractivity contribution >= 4 is 35.0 Å². The molecule has 1 aliphatic heterocycles. The number of fused-ring (bicyclic) bond motifs is 1. The molecule has 0 fully saturated rings. The summed E-state index contributed by atoms with van der Waals surface area (Å²) in [5.74, 6) is 1.46. The van der Waals surface area contributed by atoms with Crippen LogP contribution < -0.4 is 33.8 Å². The van der Waals surface area contributed by atoms with Gasteiger partial charge in [-0.15, -0.1) is 0 Å². The van der Waals surface area contributed by atoms with Crippen molar-refractivity contribution in [2.75, 3.05) is 26.9 Å². The molecule has 1 aliphatic rings. The zero-order valence-electron chi connectivity index (χ0n) is 26.3. The number of ether oxygens (including phenoxy) is 5. The SMILES string of the molecule is CCOC(=O)C1=C(C)N=c2s/c(=C/c3ccc(OCc4ccccc4Cl)c(OCC)c3)c(=O)n2[C@@H]1c1cccc(OC)c1OCC. The summed E-state index contributed by atoms with van der Waals surface area (Å²) in [6, 6.07) is 17.5. The van der Waals surface area contributed by atoms with Crippen molar-refractivity contribution in [1.82, 2.24) is 4.57 Å². The number of hydrogen-bond donors (Lipinski definition) is 0. The van der Waals surface area contributed by atoms with Gasteiger partial charge >= 0.3 is 5.97 Å². The van der Waals surface area contributed by atoms with E-state index in [9.17, 15) is 9.59 Å². The van der Waals surface area contributed by atoms with Gasteiger partial charge in [0.25, 0.3) is 5.56 Å². The quantitative estimate of drug-likeness (QED) is 0.176. The lowest BCUT2D eigenvalue weighted by molar-refractivity contribution is -0.139. The van der Waals surface area contributed by atoms with Crippen molar-refractivity contribution in [3.8, 4) is 23.0 Å². The molecule has 5 rings (SSSR count). The van der Waals surface area contributed by atoms with Crippen LogP contribution in [0.4, 0.5) is 0 Å². The number of rotatable bonds is 12. The molecule has 4 aromatic rings. The van der Waals surface area contributed by atoms with E-state index in [1.54, 1.807) is 45.2 Å². The lowest BCUT2D eigenvalue weighted by Crippen LogP contribution is -2.40. The number of para-hydroxylation sites is 1. The summed E-state index contributed by atoms with van der Waals surface area (Å²) in [5.41, 5.74) is 2.57. The van der Waals surface area contributed by atoms with E-state index in [0.717, 1.165) is 11.1 Å². The van der Waals surface area contributed by atoms with Gasteiger partial charge in [0.05, 0.1) is 42.7 Å². The summed E-state index contributed by atoms with van der Waals surface area (Å²) in [4.78, 5) is 32.7. The molecular formula is C35H35ClN2O7S. The topological polar surface area (TPSA) is 97.6 Å². The monoisotopic (exact) mass is 662 g/mol. The number of nitrogens with zero attached hydrogens (tertiary/aromatic N) is 2. The zero-order chi connectivity index (χ0) is 32.8. The van der Waals surface area contributed by atoms with E-state index in [1.165, 1.54) is 15.9 Å². The average Bonchev–Trinajstić information content (AvgIpc) is 3.34. The van der Waals surface area contributed by atoms with Gasteiger partial charge in [0.2, 0.25) is 0 Å². The fourth-order valence-electron chi connectivity index (χ4n) is 5.22. The van der Waals surface area contributed by atoms with E-state index in [-0.39, 0.29) is 24.3 Å². The normalized spacial score (nSPS) is 14.4. The summed E-state index contributed by atoms with van der Waals surface area (Å²) < 4.78 is 30.9. The molecule has 0 unspecified atom stereocenters. The summed E-state index contributed by atoms with van der Waals surface area (Å²) in [6.07, 6.45) is 1.78. The van der Waals surface area contributed by atoms with E-state index in [1.807, 2.05) is 56.3 Å². The molecule has 11 heteroatoms. The molecule has 46 heavy (non-hydrogen) atoms. The number of methoxy groups -OCH3 is 1. The Morgan fingerprint density at radius 3 is 2.46 bits per heavy atom. The Hall–Kier alpha value is -4.54. The van der Waals surface area contributed by atoms with Crippen LogP contribution in [-0.4, -0.2) is 37.5 Å². The third-order valence-corrected chi connectivity index (χ3v) is 8.59. The highest BCUT2D eigenvalue weighted by atomic mass is 35.5. The van der Waals surface area contributed by atoms with Crippen LogP contribution in [0, 0.1) is 0 Å². The number of benzene rings is 3. The molecule has 0 radical (unpaired) electrons. The van der Waals surface area contributed by atoms with E-state index in [4.69, 9.17) is 35.3 Å². The van der Waals surface area contributed by atoms with E-state index < -0.39 is 12.0 Å². The first kappa shape index (κ1) is 32.8. The lowest BCUT2D eigenvalue weighted by atomic mass is 9.94. The van der Waals surface area contributed by atoms with E-state index >= 15 is 0 Å². The van der Waals surface area contributed by atoms with Crippen molar-refractivity contribution in [3.63, 3.8) is 0 Å². The molecule has 0 spiro atoms. The number of esters is 1. The Balaban J connectivity index is 1.61. The summed E-state index contributed by atoms with van der Waals surface area (Å²) >= 11 is 7.54. The molecule has 9 nitrogen and oxygen atoms in total. The molecular weight excluding hydrogens is 628 g/mol. The number of thiazole rings is 1. The second kappa shape index (κ2) is 14.7. The highest BCUT2D eigenvalue weighted by molar-refractivity contribution is 7.07. The van der Waals surface area contributed by atoms with Crippen LogP contribution in [0.15, 0.2) is 81.7 Å². The lowest BCUT2D eigenvalue weighted by Gasteiger charge is -2.26. The van der Waals surface area contributed by atoms with Gasteiger partial charge in [-0.3, -0.25) is 9.36 Å². The standard InChI is InChI=1S/C35H35ClN2O7S/c1-6-42-28-18-22(16-17-26(28)45-20-23-12-9-10-14-25(23)36)19-29-33(39)38-31(24-13-11-15-27(41-5)32(24)43-7-2)30(34(40)44-8-3)21(4)37-35(38)46-29/h9-19,31H,6-8,20H2,1-5H3/b29-19+/t31-/m1/s1.